The predicted molar refractivity (Wildman–Crippen MR) is 65.0 cm³/mol. The summed E-state index contributed by atoms with van der Waals surface area (Å²) in [4.78, 5) is 12.1. The molecule has 0 bridgehead atoms. The van der Waals surface area contributed by atoms with E-state index >= 15 is 0 Å². The third-order valence-corrected chi connectivity index (χ3v) is 3.75. The highest BCUT2D eigenvalue weighted by molar-refractivity contribution is 5.83. The van der Waals surface area contributed by atoms with Crippen LogP contribution in [0.4, 0.5) is 8.78 Å². The maximum atomic E-state index is 13.5. The van der Waals surface area contributed by atoms with Crippen LogP contribution in [0, 0.1) is 23.5 Å². The van der Waals surface area contributed by atoms with Crippen LogP contribution in [0.15, 0.2) is 18.2 Å². The summed E-state index contributed by atoms with van der Waals surface area (Å²) in [5, 5.41) is 0. The molecule has 2 rings (SSSR count). The molecule has 1 aliphatic rings. The normalized spacial score (nSPS) is 23.3. The van der Waals surface area contributed by atoms with Crippen molar-refractivity contribution in [3.8, 4) is 0 Å². The first-order valence-corrected chi connectivity index (χ1v) is 6.28. The van der Waals surface area contributed by atoms with E-state index < -0.39 is 11.6 Å². The van der Waals surface area contributed by atoms with E-state index in [-0.39, 0.29) is 29.6 Å². The number of hydrogen-bond acceptors (Lipinski definition) is 2. The van der Waals surface area contributed by atoms with Crippen molar-refractivity contribution in [3.63, 3.8) is 0 Å². The maximum absolute atomic E-state index is 13.5. The number of carbonyl (C=O) groups is 1. The van der Waals surface area contributed by atoms with E-state index in [4.69, 9.17) is 5.73 Å². The van der Waals surface area contributed by atoms with E-state index in [9.17, 15) is 13.6 Å². The van der Waals surface area contributed by atoms with Crippen molar-refractivity contribution in [1.82, 2.24) is 0 Å². The lowest BCUT2D eigenvalue weighted by Crippen LogP contribution is -2.26. The average molecular weight is 253 g/mol. The van der Waals surface area contributed by atoms with Crippen molar-refractivity contribution in [2.75, 3.05) is 6.54 Å². The van der Waals surface area contributed by atoms with Gasteiger partial charge < -0.3 is 5.73 Å². The monoisotopic (exact) mass is 253 g/mol. The van der Waals surface area contributed by atoms with Gasteiger partial charge in [-0.3, -0.25) is 4.79 Å². The van der Waals surface area contributed by atoms with Crippen LogP contribution >= 0.6 is 0 Å². The number of ketones is 1. The fourth-order valence-corrected chi connectivity index (χ4v) is 2.74. The highest BCUT2D eigenvalue weighted by Gasteiger charge is 2.31. The number of benzene rings is 1. The fraction of sp³-hybridized carbons (Fsp3) is 0.500. The largest absolute Gasteiger partial charge is 0.330 e. The molecule has 0 amide bonds. The van der Waals surface area contributed by atoms with Gasteiger partial charge in [-0.05, 0) is 49.1 Å². The highest BCUT2D eigenvalue weighted by atomic mass is 19.1. The number of halogens is 2. The van der Waals surface area contributed by atoms with E-state index in [1.54, 1.807) is 0 Å². The summed E-state index contributed by atoms with van der Waals surface area (Å²) in [5.41, 5.74) is 5.76. The number of rotatable bonds is 4. The lowest BCUT2D eigenvalue weighted by molar-refractivity contribution is -0.123. The van der Waals surface area contributed by atoms with E-state index in [2.05, 4.69) is 0 Å². The van der Waals surface area contributed by atoms with Crippen molar-refractivity contribution >= 4 is 5.78 Å². The van der Waals surface area contributed by atoms with Crippen LogP contribution in [0.25, 0.3) is 0 Å². The van der Waals surface area contributed by atoms with Crippen molar-refractivity contribution in [2.24, 2.45) is 17.6 Å². The average Bonchev–Trinajstić information content (AvgIpc) is 2.82. The molecule has 0 saturated heterocycles. The van der Waals surface area contributed by atoms with Gasteiger partial charge in [0.05, 0.1) is 0 Å². The molecule has 98 valence electrons. The second kappa shape index (κ2) is 5.57. The summed E-state index contributed by atoms with van der Waals surface area (Å²) in [6, 6.07) is 3.22. The van der Waals surface area contributed by atoms with Gasteiger partial charge in [0, 0.05) is 12.3 Å². The van der Waals surface area contributed by atoms with Crippen LogP contribution < -0.4 is 5.73 Å². The van der Waals surface area contributed by atoms with E-state index in [0.29, 0.717) is 6.54 Å². The zero-order chi connectivity index (χ0) is 13.1. The van der Waals surface area contributed by atoms with Gasteiger partial charge in [0.1, 0.15) is 17.4 Å². The van der Waals surface area contributed by atoms with Crippen LogP contribution in [0.3, 0.4) is 0 Å². The molecule has 18 heavy (non-hydrogen) atoms. The summed E-state index contributed by atoms with van der Waals surface area (Å²) >= 11 is 0. The molecular weight excluding hydrogens is 236 g/mol. The molecule has 0 spiro atoms. The molecule has 1 saturated carbocycles. The van der Waals surface area contributed by atoms with E-state index in [1.807, 2.05) is 0 Å². The first-order chi connectivity index (χ1) is 8.61. The van der Waals surface area contributed by atoms with Gasteiger partial charge in [-0.15, -0.1) is 0 Å². The van der Waals surface area contributed by atoms with Gasteiger partial charge in [0.2, 0.25) is 0 Å². The lowest BCUT2D eigenvalue weighted by Gasteiger charge is -2.16. The maximum Gasteiger partial charge on any atom is 0.140 e. The number of hydrogen-bond donors (Lipinski definition) is 1. The second-order valence-corrected chi connectivity index (χ2v) is 4.91. The quantitative estimate of drug-likeness (QED) is 0.895. The first kappa shape index (κ1) is 13.1. The minimum Gasteiger partial charge on any atom is -0.330 e. The Morgan fingerprint density at radius 2 is 2.11 bits per heavy atom. The summed E-state index contributed by atoms with van der Waals surface area (Å²) in [6.07, 6.45) is 2.73. The zero-order valence-electron chi connectivity index (χ0n) is 10.2. The Bertz CT molecular complexity index is 447. The van der Waals surface area contributed by atoms with E-state index in [0.717, 1.165) is 37.5 Å². The van der Waals surface area contributed by atoms with Crippen molar-refractivity contribution in [2.45, 2.75) is 25.7 Å². The first-order valence-electron chi connectivity index (χ1n) is 6.28. The summed E-state index contributed by atoms with van der Waals surface area (Å²) in [6.45, 7) is 0.488. The van der Waals surface area contributed by atoms with Crippen molar-refractivity contribution in [3.05, 3.63) is 35.4 Å². The Kier molecular flexibility index (Phi) is 4.07. The number of carbonyl (C=O) groups excluding carboxylic acids is 1. The Morgan fingerprint density at radius 3 is 2.83 bits per heavy atom. The minimum absolute atomic E-state index is 0.0209. The second-order valence-electron chi connectivity index (χ2n) is 4.91. The highest BCUT2D eigenvalue weighted by Crippen LogP contribution is 2.32. The smallest absolute Gasteiger partial charge is 0.140 e. The summed E-state index contributed by atoms with van der Waals surface area (Å²) < 4.78 is 26.5. The SMILES string of the molecule is NCC1CCCC1C(=O)Cc1cc(F)ccc1F. The number of Topliss-reactive ketones (excluding diaryl/α,β-unsaturated/α-hetero) is 1. The Hall–Kier alpha value is -1.29. The standard InChI is InChI=1S/C14H17F2NO/c15-11-4-5-13(16)10(6-11)7-14(18)12-3-1-2-9(12)8-17/h4-6,9,12H,1-3,7-8,17H2. The Labute approximate surface area is 105 Å². The zero-order valence-corrected chi connectivity index (χ0v) is 10.2. The van der Waals surface area contributed by atoms with Crippen molar-refractivity contribution < 1.29 is 13.6 Å². The van der Waals surface area contributed by atoms with E-state index in [1.165, 1.54) is 0 Å². The molecule has 4 heteroatoms. The summed E-state index contributed by atoms with van der Waals surface area (Å²) in [7, 11) is 0. The molecule has 2 unspecified atom stereocenters. The van der Waals surface area contributed by atoms with Gasteiger partial charge in [0.15, 0.2) is 0 Å². The third kappa shape index (κ3) is 2.75. The fourth-order valence-electron chi connectivity index (χ4n) is 2.74. The van der Waals surface area contributed by atoms with Gasteiger partial charge in [-0.2, -0.15) is 0 Å². The molecule has 2 atom stereocenters. The molecule has 0 aromatic heterocycles. The predicted octanol–water partition coefficient (Wildman–Crippen LogP) is 2.45. The molecule has 1 aliphatic carbocycles. The van der Waals surface area contributed by atoms with Gasteiger partial charge in [-0.25, -0.2) is 8.78 Å². The lowest BCUT2D eigenvalue weighted by atomic mass is 9.89. The third-order valence-electron chi connectivity index (χ3n) is 3.75. The molecule has 0 radical (unpaired) electrons. The van der Waals surface area contributed by atoms with Crippen LogP contribution in [0.2, 0.25) is 0 Å². The molecule has 0 heterocycles. The molecule has 0 aliphatic heterocycles. The number of nitrogens with two attached hydrogens (primary N) is 1. The minimum atomic E-state index is -0.521. The summed E-state index contributed by atoms with van der Waals surface area (Å²) in [5.74, 6) is -0.938. The molecule has 2 N–H and O–H groups in total. The molecule has 1 aromatic carbocycles. The van der Waals surface area contributed by atoms with Crippen molar-refractivity contribution in [1.29, 1.82) is 0 Å². The molecule has 1 fully saturated rings. The van der Waals surface area contributed by atoms with Crippen LogP contribution in [0.1, 0.15) is 24.8 Å². The van der Waals surface area contributed by atoms with Gasteiger partial charge in [0.25, 0.3) is 0 Å². The molecule has 1 aromatic rings. The molecule has 2 nitrogen and oxygen atoms in total. The van der Waals surface area contributed by atoms with Crippen LogP contribution in [0.5, 0.6) is 0 Å². The topological polar surface area (TPSA) is 43.1 Å². The Balaban J connectivity index is 2.09. The molecular formula is C14H17F2NO. The van der Waals surface area contributed by atoms with Crippen LogP contribution in [-0.4, -0.2) is 12.3 Å². The van der Waals surface area contributed by atoms with Gasteiger partial charge >= 0.3 is 0 Å². The Morgan fingerprint density at radius 1 is 1.33 bits per heavy atom. The van der Waals surface area contributed by atoms with Crippen LogP contribution in [-0.2, 0) is 11.2 Å². The van der Waals surface area contributed by atoms with Gasteiger partial charge in [-0.1, -0.05) is 6.42 Å².